The van der Waals surface area contributed by atoms with Crippen LogP contribution in [0, 0.1) is 5.92 Å². The van der Waals surface area contributed by atoms with E-state index in [0.29, 0.717) is 13.0 Å². The van der Waals surface area contributed by atoms with E-state index in [2.05, 4.69) is 4.99 Å². The molecule has 0 saturated carbocycles. The average Bonchev–Trinajstić information content (AvgIpc) is 2.74. The van der Waals surface area contributed by atoms with Gasteiger partial charge in [0.15, 0.2) is 0 Å². The van der Waals surface area contributed by atoms with Gasteiger partial charge in [-0.3, -0.25) is 9.79 Å². The first-order valence-corrected chi connectivity index (χ1v) is 6.03. The van der Waals surface area contributed by atoms with Crippen LogP contribution in [0.1, 0.15) is 26.2 Å². The number of amides is 1. The fourth-order valence-corrected chi connectivity index (χ4v) is 2.58. The van der Waals surface area contributed by atoms with E-state index in [0.717, 1.165) is 12.8 Å². The zero-order valence-electron chi connectivity index (χ0n) is 10.3. The van der Waals surface area contributed by atoms with Gasteiger partial charge >= 0.3 is 5.97 Å². The summed E-state index contributed by atoms with van der Waals surface area (Å²) >= 11 is 0. The lowest BCUT2D eigenvalue weighted by molar-refractivity contribution is -0.153. The largest absolute Gasteiger partial charge is 0.467 e. The zero-order chi connectivity index (χ0) is 12.4. The Labute approximate surface area is 101 Å². The van der Waals surface area contributed by atoms with Gasteiger partial charge in [0.2, 0.25) is 5.91 Å². The Kier molecular flexibility index (Phi) is 3.45. The number of rotatable bonds is 1. The number of carbonyl (C=O) groups excluding carboxylic acids is 2. The summed E-state index contributed by atoms with van der Waals surface area (Å²) in [7, 11) is 1.37. The monoisotopic (exact) mass is 238 g/mol. The van der Waals surface area contributed by atoms with Gasteiger partial charge in [-0.15, -0.1) is 0 Å². The third-order valence-electron chi connectivity index (χ3n) is 3.54. The number of aliphatic imine (C=N–C) groups is 1. The number of ether oxygens (including phenoxy) is 1. The van der Waals surface area contributed by atoms with Crippen LogP contribution in [-0.2, 0) is 14.3 Å². The minimum atomic E-state index is -0.397. The third-order valence-corrected chi connectivity index (χ3v) is 3.54. The maximum Gasteiger partial charge on any atom is 0.328 e. The molecule has 17 heavy (non-hydrogen) atoms. The highest BCUT2D eigenvalue weighted by atomic mass is 16.5. The van der Waals surface area contributed by atoms with Gasteiger partial charge in [-0.2, -0.15) is 0 Å². The van der Waals surface area contributed by atoms with E-state index >= 15 is 0 Å². The summed E-state index contributed by atoms with van der Waals surface area (Å²) in [5, 5.41) is 0. The van der Waals surface area contributed by atoms with Gasteiger partial charge in [0.1, 0.15) is 6.04 Å². The number of hydrogen-bond acceptors (Lipinski definition) is 4. The number of nitrogens with zero attached hydrogens (tertiary/aromatic N) is 2. The Hall–Kier alpha value is -1.39. The van der Waals surface area contributed by atoms with E-state index in [1.54, 1.807) is 4.90 Å². The summed E-state index contributed by atoms with van der Waals surface area (Å²) in [6.45, 7) is 2.37. The highest BCUT2D eigenvalue weighted by molar-refractivity contribution is 5.87. The molecule has 3 atom stereocenters. The van der Waals surface area contributed by atoms with Gasteiger partial charge in [-0.25, -0.2) is 4.79 Å². The number of hydrogen-bond donors (Lipinski definition) is 0. The highest BCUT2D eigenvalue weighted by Crippen LogP contribution is 2.29. The number of methoxy groups -OCH3 is 1. The van der Waals surface area contributed by atoms with Crippen LogP contribution in [0.2, 0.25) is 0 Å². The molecule has 1 amide bonds. The third kappa shape index (κ3) is 2.18. The quantitative estimate of drug-likeness (QED) is 0.629. The predicted octanol–water partition coefficient (Wildman–Crippen LogP) is 0.630. The molecule has 2 aliphatic rings. The van der Waals surface area contributed by atoms with Gasteiger partial charge in [0, 0.05) is 25.2 Å². The fraction of sp³-hybridized carbons (Fsp3) is 0.750. The maximum atomic E-state index is 12.3. The van der Waals surface area contributed by atoms with Crippen molar-refractivity contribution in [2.24, 2.45) is 10.9 Å². The van der Waals surface area contributed by atoms with Crippen LogP contribution in [0.15, 0.2) is 4.99 Å². The Morgan fingerprint density at radius 3 is 3.00 bits per heavy atom. The molecule has 0 aromatic rings. The summed E-state index contributed by atoms with van der Waals surface area (Å²) in [5.41, 5.74) is 0. The molecule has 0 aromatic heterocycles. The summed E-state index contributed by atoms with van der Waals surface area (Å²) in [6, 6.07) is -0.287. The molecule has 5 heteroatoms. The Bertz CT molecular complexity index is 354. The second-order valence-corrected chi connectivity index (χ2v) is 4.70. The molecule has 2 heterocycles. The summed E-state index contributed by atoms with van der Waals surface area (Å²) < 4.78 is 4.77. The highest BCUT2D eigenvalue weighted by Gasteiger charge is 2.42. The molecule has 2 rings (SSSR count). The first-order chi connectivity index (χ1) is 8.15. The molecular weight excluding hydrogens is 220 g/mol. The summed E-state index contributed by atoms with van der Waals surface area (Å²) in [6.07, 6.45) is 4.17. The van der Waals surface area contributed by atoms with Crippen LogP contribution in [0.25, 0.3) is 0 Å². The predicted molar refractivity (Wildman–Crippen MR) is 62.8 cm³/mol. The zero-order valence-corrected chi connectivity index (χ0v) is 10.3. The van der Waals surface area contributed by atoms with Crippen molar-refractivity contribution in [2.75, 3.05) is 13.7 Å². The van der Waals surface area contributed by atoms with Crippen LogP contribution >= 0.6 is 0 Å². The minimum absolute atomic E-state index is 0.0275. The van der Waals surface area contributed by atoms with Crippen molar-refractivity contribution < 1.29 is 14.3 Å². The van der Waals surface area contributed by atoms with E-state index in [9.17, 15) is 9.59 Å². The number of fused-ring (bicyclic) bond motifs is 1. The number of carbonyl (C=O) groups is 2. The van der Waals surface area contributed by atoms with E-state index in [1.165, 1.54) is 7.11 Å². The normalized spacial score (nSPS) is 32.9. The number of esters is 1. The van der Waals surface area contributed by atoms with Crippen molar-refractivity contribution in [3.63, 3.8) is 0 Å². The summed E-state index contributed by atoms with van der Waals surface area (Å²) in [4.78, 5) is 29.9. The maximum absolute atomic E-state index is 12.3. The smallest absolute Gasteiger partial charge is 0.328 e. The molecular formula is C12H18N2O3. The molecule has 94 valence electrons. The van der Waals surface area contributed by atoms with Crippen LogP contribution in [0.3, 0.4) is 0 Å². The van der Waals surface area contributed by atoms with Crippen molar-refractivity contribution in [3.8, 4) is 0 Å². The van der Waals surface area contributed by atoms with E-state index in [1.807, 2.05) is 13.1 Å². The molecule has 0 aromatic carbocycles. The first-order valence-electron chi connectivity index (χ1n) is 6.03. The van der Waals surface area contributed by atoms with Crippen LogP contribution in [0.4, 0.5) is 0 Å². The standard InChI is InChI=1S/C12H18N2O3/c1-8-7-13-6-5-9-3-4-10(12(16)17-2)14(9)11(8)15/h6,8-10H,3-5,7H2,1-2H3/t8-,9+,10-/m0/s1. The van der Waals surface area contributed by atoms with Crippen LogP contribution in [0.5, 0.6) is 0 Å². The molecule has 2 aliphatic heterocycles. The second kappa shape index (κ2) is 4.85. The molecule has 0 aliphatic carbocycles. The van der Waals surface area contributed by atoms with Gasteiger partial charge < -0.3 is 9.64 Å². The van der Waals surface area contributed by atoms with Crippen molar-refractivity contribution in [1.29, 1.82) is 0 Å². The van der Waals surface area contributed by atoms with E-state index in [-0.39, 0.29) is 23.8 Å². The lowest BCUT2D eigenvalue weighted by Gasteiger charge is -2.31. The first kappa shape index (κ1) is 12.1. The average molecular weight is 238 g/mol. The van der Waals surface area contributed by atoms with Crippen molar-refractivity contribution in [3.05, 3.63) is 0 Å². The molecule has 0 unspecified atom stereocenters. The van der Waals surface area contributed by atoms with Gasteiger partial charge in [-0.1, -0.05) is 6.92 Å². The molecule has 1 fully saturated rings. The SMILES string of the molecule is COC(=O)[C@@H]1CC[C@@H]2CC=NC[C@H](C)C(=O)N21. The van der Waals surface area contributed by atoms with Crippen molar-refractivity contribution >= 4 is 18.1 Å². The van der Waals surface area contributed by atoms with Gasteiger partial charge in [-0.05, 0) is 12.8 Å². The fourth-order valence-electron chi connectivity index (χ4n) is 2.58. The van der Waals surface area contributed by atoms with Crippen LogP contribution in [-0.4, -0.2) is 48.7 Å². The molecule has 1 saturated heterocycles. The van der Waals surface area contributed by atoms with Gasteiger partial charge in [0.25, 0.3) is 0 Å². The molecule has 0 bridgehead atoms. The summed E-state index contributed by atoms with van der Waals surface area (Å²) in [5.74, 6) is -0.426. The van der Waals surface area contributed by atoms with E-state index < -0.39 is 6.04 Å². The van der Waals surface area contributed by atoms with E-state index in [4.69, 9.17) is 4.74 Å². The lowest BCUT2D eigenvalue weighted by Crippen LogP contribution is -2.48. The topological polar surface area (TPSA) is 59.0 Å². The van der Waals surface area contributed by atoms with Crippen LogP contribution < -0.4 is 0 Å². The molecule has 5 nitrogen and oxygen atoms in total. The van der Waals surface area contributed by atoms with Crippen molar-refractivity contribution in [2.45, 2.75) is 38.3 Å². The minimum Gasteiger partial charge on any atom is -0.467 e. The second-order valence-electron chi connectivity index (χ2n) is 4.70. The van der Waals surface area contributed by atoms with Crippen molar-refractivity contribution in [1.82, 2.24) is 4.90 Å². The Morgan fingerprint density at radius 2 is 2.29 bits per heavy atom. The molecule has 0 spiro atoms. The Morgan fingerprint density at radius 1 is 1.53 bits per heavy atom. The molecule has 0 N–H and O–H groups in total. The molecule has 0 radical (unpaired) electrons. The lowest BCUT2D eigenvalue weighted by atomic mass is 10.1. The van der Waals surface area contributed by atoms with Gasteiger partial charge in [0.05, 0.1) is 13.0 Å². The Balaban J connectivity index is 2.24.